The second kappa shape index (κ2) is 14.2. The number of hydrogen-bond acceptors (Lipinski definition) is 4. The minimum atomic E-state index is 0.623. The molecule has 0 aliphatic rings. The van der Waals surface area contributed by atoms with Gasteiger partial charge in [-0.1, -0.05) is 152 Å². The molecule has 4 heterocycles. The Hall–Kier alpha value is -8.19. The Morgan fingerprint density at radius 2 is 0.810 bits per heavy atom. The summed E-state index contributed by atoms with van der Waals surface area (Å²) >= 11 is 1.81. The third-order valence-corrected chi connectivity index (χ3v) is 13.5. The van der Waals surface area contributed by atoms with E-state index >= 15 is 0 Å². The molecule has 294 valence electrons. The molecule has 0 aliphatic carbocycles. The van der Waals surface area contributed by atoms with E-state index in [0.29, 0.717) is 17.5 Å². The maximum Gasteiger partial charge on any atom is 0.164 e. The Kier molecular flexibility index (Phi) is 8.01. The second-order valence-corrected chi connectivity index (χ2v) is 17.1. The number of nitrogens with zero attached hydrogens (tertiary/aromatic N) is 5. The monoisotopic (exact) mass is 821 g/mol. The zero-order chi connectivity index (χ0) is 41.4. The van der Waals surface area contributed by atoms with Gasteiger partial charge in [0.1, 0.15) is 0 Å². The highest BCUT2D eigenvalue weighted by Gasteiger charge is 2.21. The molecule has 63 heavy (non-hydrogen) atoms. The van der Waals surface area contributed by atoms with Crippen LogP contribution in [0.1, 0.15) is 0 Å². The maximum atomic E-state index is 5.25. The van der Waals surface area contributed by atoms with E-state index in [9.17, 15) is 0 Å². The Morgan fingerprint density at radius 1 is 0.302 bits per heavy atom. The van der Waals surface area contributed by atoms with Gasteiger partial charge < -0.3 is 9.13 Å². The largest absolute Gasteiger partial charge is 0.309 e. The Balaban J connectivity index is 0.990. The van der Waals surface area contributed by atoms with Gasteiger partial charge in [0.15, 0.2) is 17.5 Å². The van der Waals surface area contributed by atoms with Crippen LogP contribution in [0.15, 0.2) is 212 Å². The second-order valence-electron chi connectivity index (χ2n) is 16.0. The Labute approximate surface area is 366 Å². The van der Waals surface area contributed by atoms with Gasteiger partial charge in [0.25, 0.3) is 0 Å². The first-order valence-corrected chi connectivity index (χ1v) is 22.0. The third-order valence-electron chi connectivity index (χ3n) is 12.4. The molecule has 0 bridgehead atoms. The van der Waals surface area contributed by atoms with Gasteiger partial charge in [-0.3, -0.25) is 0 Å². The van der Waals surface area contributed by atoms with Crippen LogP contribution in [-0.4, -0.2) is 24.1 Å². The average Bonchev–Trinajstić information content (AvgIpc) is 4.02. The highest BCUT2D eigenvalue weighted by atomic mass is 32.1. The first-order valence-electron chi connectivity index (χ1n) is 21.2. The SMILES string of the molecule is c1ccc(-c2nc(-c3cccc(-n4c5ccccc5c5c6c7ccccc7n(-c7ccccc7)c6ccc54)c3)nc(-c3ccc4c(c3)sc3cccc(-c5ccccc5)c34)n2)cc1. The number of rotatable bonds is 6. The van der Waals surface area contributed by atoms with E-state index in [1.54, 1.807) is 0 Å². The number of aromatic nitrogens is 5. The molecule has 6 heteroatoms. The van der Waals surface area contributed by atoms with Crippen LogP contribution >= 0.6 is 11.3 Å². The average molecular weight is 822 g/mol. The maximum absolute atomic E-state index is 5.25. The van der Waals surface area contributed by atoms with Gasteiger partial charge in [-0.2, -0.15) is 0 Å². The fraction of sp³-hybridized carbons (Fsp3) is 0. The zero-order valence-electron chi connectivity index (χ0n) is 33.9. The van der Waals surface area contributed by atoms with E-state index < -0.39 is 0 Å². The molecule has 0 aliphatic heterocycles. The summed E-state index contributed by atoms with van der Waals surface area (Å²) in [6.07, 6.45) is 0. The van der Waals surface area contributed by atoms with Crippen LogP contribution in [0.2, 0.25) is 0 Å². The highest BCUT2D eigenvalue weighted by Crippen LogP contribution is 2.44. The first kappa shape index (κ1) is 35.6. The van der Waals surface area contributed by atoms with Gasteiger partial charge in [0.2, 0.25) is 0 Å². The quantitative estimate of drug-likeness (QED) is 0.168. The summed E-state index contributed by atoms with van der Waals surface area (Å²) in [6.45, 7) is 0. The van der Waals surface area contributed by atoms with Crippen molar-refractivity contribution in [3.05, 3.63) is 212 Å². The van der Waals surface area contributed by atoms with Gasteiger partial charge in [0, 0.05) is 69.8 Å². The summed E-state index contributed by atoms with van der Waals surface area (Å²) in [7, 11) is 0. The van der Waals surface area contributed by atoms with E-state index in [4.69, 9.17) is 15.0 Å². The molecule has 0 amide bonds. The van der Waals surface area contributed by atoms with Crippen LogP contribution in [0.5, 0.6) is 0 Å². The predicted molar refractivity (Wildman–Crippen MR) is 263 cm³/mol. The summed E-state index contributed by atoms with van der Waals surface area (Å²) in [5, 5.41) is 7.44. The van der Waals surface area contributed by atoms with E-state index in [2.05, 4.69) is 203 Å². The summed E-state index contributed by atoms with van der Waals surface area (Å²) < 4.78 is 7.24. The van der Waals surface area contributed by atoms with E-state index in [0.717, 1.165) is 39.1 Å². The normalized spacial score (nSPS) is 11.8. The van der Waals surface area contributed by atoms with Crippen LogP contribution < -0.4 is 0 Å². The molecule has 0 fully saturated rings. The molecule has 13 rings (SSSR count). The van der Waals surface area contributed by atoms with Gasteiger partial charge in [0.05, 0.1) is 22.1 Å². The topological polar surface area (TPSA) is 48.5 Å². The van der Waals surface area contributed by atoms with Gasteiger partial charge >= 0.3 is 0 Å². The molecular weight excluding hydrogens is 787 g/mol. The lowest BCUT2D eigenvalue weighted by molar-refractivity contribution is 1.07. The number of benzene rings is 9. The highest BCUT2D eigenvalue weighted by molar-refractivity contribution is 7.26. The predicted octanol–water partition coefficient (Wildman–Crippen LogP) is 15.1. The summed E-state index contributed by atoms with van der Waals surface area (Å²) in [6, 6.07) is 75.5. The molecule has 13 aromatic rings. The van der Waals surface area contributed by atoms with E-state index in [-0.39, 0.29) is 0 Å². The molecule has 0 saturated carbocycles. The van der Waals surface area contributed by atoms with Crippen molar-refractivity contribution in [2.45, 2.75) is 0 Å². The zero-order valence-corrected chi connectivity index (χ0v) is 34.7. The molecule has 0 spiro atoms. The molecule has 0 unspecified atom stereocenters. The number of fused-ring (bicyclic) bond motifs is 10. The van der Waals surface area contributed by atoms with Crippen LogP contribution in [0, 0.1) is 0 Å². The van der Waals surface area contributed by atoms with Crippen molar-refractivity contribution in [3.63, 3.8) is 0 Å². The van der Waals surface area contributed by atoms with Crippen LogP contribution in [0.4, 0.5) is 0 Å². The fourth-order valence-electron chi connectivity index (χ4n) is 9.61. The first-order chi connectivity index (χ1) is 31.2. The van der Waals surface area contributed by atoms with Crippen molar-refractivity contribution in [3.8, 4) is 56.7 Å². The smallest absolute Gasteiger partial charge is 0.164 e. The van der Waals surface area contributed by atoms with Crippen molar-refractivity contribution >= 4 is 75.1 Å². The number of hydrogen-bond donors (Lipinski definition) is 0. The van der Waals surface area contributed by atoms with Gasteiger partial charge in [-0.25, -0.2) is 15.0 Å². The molecule has 0 radical (unpaired) electrons. The lowest BCUT2D eigenvalue weighted by atomic mass is 9.99. The third kappa shape index (κ3) is 5.66. The Morgan fingerprint density at radius 3 is 1.48 bits per heavy atom. The molecule has 0 saturated heterocycles. The van der Waals surface area contributed by atoms with Crippen molar-refractivity contribution in [1.29, 1.82) is 0 Å². The number of para-hydroxylation sites is 3. The Bertz CT molecular complexity index is 3900. The summed E-state index contributed by atoms with van der Waals surface area (Å²) in [5.74, 6) is 1.90. The van der Waals surface area contributed by atoms with Crippen LogP contribution in [-0.2, 0) is 0 Å². The van der Waals surface area contributed by atoms with E-state index in [1.165, 1.54) is 63.9 Å². The number of thiophene rings is 1. The molecule has 9 aromatic carbocycles. The standard InChI is InChI=1S/C57H35N5S/c1-4-16-36(17-5-1)42-26-15-29-50-52(42)45-31-30-39(35-51(45)63-50)57-59-55(37-18-6-2-7-19-37)58-56(60-57)38-20-14-23-41(34-38)62-47-28-13-11-25-44(47)54-49(62)33-32-48-53(54)43-24-10-12-27-46(43)61(48)40-21-8-3-9-22-40/h1-35H. The minimum absolute atomic E-state index is 0.623. The molecule has 5 nitrogen and oxygen atoms in total. The van der Waals surface area contributed by atoms with Crippen LogP contribution in [0.25, 0.3) is 120 Å². The van der Waals surface area contributed by atoms with Crippen molar-refractivity contribution in [2.24, 2.45) is 0 Å². The van der Waals surface area contributed by atoms with Crippen molar-refractivity contribution < 1.29 is 0 Å². The van der Waals surface area contributed by atoms with Crippen molar-refractivity contribution in [2.75, 3.05) is 0 Å². The lowest BCUT2D eigenvalue weighted by Crippen LogP contribution is -2.01. The van der Waals surface area contributed by atoms with Crippen molar-refractivity contribution in [1.82, 2.24) is 24.1 Å². The molecular formula is C57H35N5S. The summed E-state index contributed by atoms with van der Waals surface area (Å²) in [5.41, 5.74) is 12.1. The van der Waals surface area contributed by atoms with E-state index in [1.807, 2.05) is 29.5 Å². The van der Waals surface area contributed by atoms with Gasteiger partial charge in [-0.05, 0) is 71.8 Å². The molecule has 4 aromatic heterocycles. The molecule has 0 N–H and O–H groups in total. The molecule has 0 atom stereocenters. The minimum Gasteiger partial charge on any atom is -0.309 e. The fourth-order valence-corrected chi connectivity index (χ4v) is 10.8. The van der Waals surface area contributed by atoms with Crippen LogP contribution in [0.3, 0.4) is 0 Å². The lowest BCUT2D eigenvalue weighted by Gasteiger charge is -2.12. The summed E-state index contributed by atoms with van der Waals surface area (Å²) in [4.78, 5) is 15.5. The van der Waals surface area contributed by atoms with Gasteiger partial charge in [-0.15, -0.1) is 11.3 Å².